The van der Waals surface area contributed by atoms with E-state index < -0.39 is 0 Å². The van der Waals surface area contributed by atoms with Crippen LogP contribution in [0.2, 0.25) is 0 Å². The summed E-state index contributed by atoms with van der Waals surface area (Å²) in [5.74, 6) is 1.29. The highest BCUT2D eigenvalue weighted by atomic mass is 16.5. The van der Waals surface area contributed by atoms with E-state index >= 15 is 0 Å². The van der Waals surface area contributed by atoms with E-state index in [0.717, 1.165) is 6.54 Å². The minimum Gasteiger partial charge on any atom is -0.481 e. The molecule has 0 saturated heterocycles. The second kappa shape index (κ2) is 7.22. The number of unbranched alkanes of at least 4 members (excludes halogenated alkanes) is 2. The zero-order valence-electron chi connectivity index (χ0n) is 12.6. The lowest BCUT2D eigenvalue weighted by atomic mass is 9.87. The predicted molar refractivity (Wildman–Crippen MR) is 81.6 cm³/mol. The van der Waals surface area contributed by atoms with Gasteiger partial charge in [0.05, 0.1) is 12.8 Å². The van der Waals surface area contributed by atoms with Crippen LogP contribution in [0.4, 0.5) is 11.5 Å². The van der Waals surface area contributed by atoms with Crippen LogP contribution < -0.4 is 15.8 Å². The van der Waals surface area contributed by atoms with E-state index in [2.05, 4.69) is 31.1 Å². The molecule has 0 fully saturated rings. The first-order chi connectivity index (χ1) is 8.98. The van der Waals surface area contributed by atoms with Crippen molar-refractivity contribution in [2.75, 3.05) is 24.7 Å². The molecule has 1 aromatic heterocycles. The third-order valence-electron chi connectivity index (χ3n) is 3.30. The minimum atomic E-state index is 0.242. The van der Waals surface area contributed by atoms with E-state index in [1.54, 1.807) is 13.2 Å². The van der Waals surface area contributed by atoms with E-state index in [9.17, 15) is 0 Å². The average molecular weight is 265 g/mol. The number of hydrogen-bond acceptors (Lipinski definition) is 4. The molecule has 1 rings (SSSR count). The van der Waals surface area contributed by atoms with Gasteiger partial charge in [0.15, 0.2) is 5.82 Å². The van der Waals surface area contributed by atoms with E-state index in [-0.39, 0.29) is 5.41 Å². The molecule has 108 valence electrons. The van der Waals surface area contributed by atoms with Crippen LogP contribution in [0.25, 0.3) is 0 Å². The number of aromatic nitrogens is 1. The Morgan fingerprint density at radius 1 is 1.32 bits per heavy atom. The van der Waals surface area contributed by atoms with Crippen LogP contribution in [0.3, 0.4) is 0 Å². The molecule has 4 nitrogen and oxygen atoms in total. The van der Waals surface area contributed by atoms with Gasteiger partial charge in [0, 0.05) is 12.6 Å². The Hall–Kier alpha value is -1.45. The maximum Gasteiger partial charge on any atom is 0.215 e. The van der Waals surface area contributed by atoms with Crippen molar-refractivity contribution < 1.29 is 4.74 Å². The second-order valence-corrected chi connectivity index (χ2v) is 5.77. The van der Waals surface area contributed by atoms with Gasteiger partial charge in [0.25, 0.3) is 0 Å². The lowest BCUT2D eigenvalue weighted by Gasteiger charge is -2.25. The average Bonchev–Trinajstić information content (AvgIpc) is 2.38. The maximum absolute atomic E-state index is 5.91. The summed E-state index contributed by atoms with van der Waals surface area (Å²) in [5, 5.41) is 3.34. The van der Waals surface area contributed by atoms with Crippen LogP contribution >= 0.6 is 0 Å². The van der Waals surface area contributed by atoms with Crippen LogP contribution in [-0.2, 0) is 0 Å². The Bertz CT molecular complexity index is 391. The van der Waals surface area contributed by atoms with Gasteiger partial charge in [0.2, 0.25) is 5.88 Å². The summed E-state index contributed by atoms with van der Waals surface area (Å²) in [6.45, 7) is 7.63. The number of nitrogens with two attached hydrogens (primary N) is 1. The molecule has 1 heterocycles. The van der Waals surface area contributed by atoms with Crippen molar-refractivity contribution >= 4 is 11.5 Å². The molecule has 4 heteroatoms. The molecule has 0 saturated carbocycles. The van der Waals surface area contributed by atoms with Gasteiger partial charge in [-0.1, -0.05) is 40.0 Å². The number of nitrogens with one attached hydrogen (secondary N) is 1. The van der Waals surface area contributed by atoms with E-state index in [1.807, 2.05) is 6.07 Å². The SMILES string of the molecule is CCCCCC(C)(C)CNc1nc(OC)ccc1N. The zero-order chi connectivity index (χ0) is 14.3. The quantitative estimate of drug-likeness (QED) is 0.704. The van der Waals surface area contributed by atoms with Gasteiger partial charge in [-0.2, -0.15) is 4.98 Å². The first-order valence-corrected chi connectivity index (χ1v) is 7.03. The first-order valence-electron chi connectivity index (χ1n) is 7.03. The van der Waals surface area contributed by atoms with Gasteiger partial charge < -0.3 is 15.8 Å². The molecule has 0 amide bonds. The molecule has 0 spiro atoms. The first kappa shape index (κ1) is 15.6. The van der Waals surface area contributed by atoms with E-state index in [1.165, 1.54) is 25.7 Å². The lowest BCUT2D eigenvalue weighted by molar-refractivity contribution is 0.342. The number of ether oxygens (including phenoxy) is 1. The molecular formula is C15H27N3O. The largest absolute Gasteiger partial charge is 0.481 e. The van der Waals surface area contributed by atoms with Crippen molar-refractivity contribution in [1.82, 2.24) is 4.98 Å². The summed E-state index contributed by atoms with van der Waals surface area (Å²) in [7, 11) is 1.61. The molecule has 0 aliphatic rings. The van der Waals surface area contributed by atoms with Gasteiger partial charge in [0.1, 0.15) is 0 Å². The number of pyridine rings is 1. The van der Waals surface area contributed by atoms with Crippen molar-refractivity contribution in [3.05, 3.63) is 12.1 Å². The minimum absolute atomic E-state index is 0.242. The topological polar surface area (TPSA) is 60.2 Å². The summed E-state index contributed by atoms with van der Waals surface area (Å²) >= 11 is 0. The third-order valence-corrected chi connectivity index (χ3v) is 3.30. The van der Waals surface area contributed by atoms with Gasteiger partial charge in [-0.15, -0.1) is 0 Å². The lowest BCUT2D eigenvalue weighted by Crippen LogP contribution is -2.24. The molecule has 1 aromatic rings. The number of methoxy groups -OCH3 is 1. The number of nitrogens with zero attached hydrogens (tertiary/aromatic N) is 1. The Labute approximate surface area is 116 Å². The third kappa shape index (κ3) is 5.37. The Kier molecular flexibility index (Phi) is 5.93. The predicted octanol–water partition coefficient (Wildman–Crippen LogP) is 3.69. The van der Waals surface area contributed by atoms with Gasteiger partial charge >= 0.3 is 0 Å². The summed E-state index contributed by atoms with van der Waals surface area (Å²) in [6, 6.07) is 3.59. The normalized spacial score (nSPS) is 11.4. The zero-order valence-corrected chi connectivity index (χ0v) is 12.6. The second-order valence-electron chi connectivity index (χ2n) is 5.77. The number of rotatable bonds is 8. The maximum atomic E-state index is 5.91. The Morgan fingerprint density at radius 2 is 2.05 bits per heavy atom. The molecule has 19 heavy (non-hydrogen) atoms. The fraction of sp³-hybridized carbons (Fsp3) is 0.667. The van der Waals surface area contributed by atoms with Crippen LogP contribution in [0, 0.1) is 5.41 Å². The van der Waals surface area contributed by atoms with Crippen molar-refractivity contribution in [3.63, 3.8) is 0 Å². The van der Waals surface area contributed by atoms with Crippen LogP contribution in [0.15, 0.2) is 12.1 Å². The van der Waals surface area contributed by atoms with Crippen molar-refractivity contribution in [2.45, 2.75) is 46.5 Å². The van der Waals surface area contributed by atoms with Crippen molar-refractivity contribution in [2.24, 2.45) is 5.41 Å². The molecule has 0 unspecified atom stereocenters. The summed E-state index contributed by atoms with van der Waals surface area (Å²) in [4.78, 5) is 4.33. The molecule has 0 radical (unpaired) electrons. The number of hydrogen-bond donors (Lipinski definition) is 2. The monoisotopic (exact) mass is 265 g/mol. The molecule has 0 aromatic carbocycles. The molecule has 0 aliphatic heterocycles. The number of anilines is 2. The highest BCUT2D eigenvalue weighted by molar-refractivity contribution is 5.61. The molecule has 0 atom stereocenters. The number of nitrogen functional groups attached to an aromatic ring is 1. The summed E-state index contributed by atoms with van der Waals surface area (Å²) < 4.78 is 5.11. The highest BCUT2D eigenvalue weighted by Crippen LogP contribution is 2.26. The standard InChI is InChI=1S/C15H27N3O/c1-5-6-7-10-15(2,3)11-17-14-12(16)8-9-13(18-14)19-4/h8-9H,5-7,10-11,16H2,1-4H3,(H,17,18). The Morgan fingerprint density at radius 3 is 2.68 bits per heavy atom. The Balaban J connectivity index is 2.55. The van der Waals surface area contributed by atoms with Crippen LogP contribution in [0.1, 0.15) is 46.5 Å². The highest BCUT2D eigenvalue weighted by Gasteiger charge is 2.17. The van der Waals surface area contributed by atoms with E-state index in [4.69, 9.17) is 10.5 Å². The van der Waals surface area contributed by atoms with Crippen molar-refractivity contribution in [1.29, 1.82) is 0 Å². The molecule has 0 bridgehead atoms. The molecule has 3 N–H and O–H groups in total. The molecule has 0 aliphatic carbocycles. The van der Waals surface area contributed by atoms with Crippen molar-refractivity contribution in [3.8, 4) is 5.88 Å². The fourth-order valence-corrected chi connectivity index (χ4v) is 1.97. The van der Waals surface area contributed by atoms with Crippen LogP contribution in [0.5, 0.6) is 5.88 Å². The van der Waals surface area contributed by atoms with E-state index in [0.29, 0.717) is 17.4 Å². The van der Waals surface area contributed by atoms with Gasteiger partial charge in [-0.3, -0.25) is 0 Å². The molecular weight excluding hydrogens is 238 g/mol. The van der Waals surface area contributed by atoms with Gasteiger partial charge in [-0.25, -0.2) is 0 Å². The van der Waals surface area contributed by atoms with Gasteiger partial charge in [-0.05, 0) is 17.9 Å². The smallest absolute Gasteiger partial charge is 0.215 e. The fourth-order valence-electron chi connectivity index (χ4n) is 1.97. The summed E-state index contributed by atoms with van der Waals surface area (Å²) in [6.07, 6.45) is 5.03. The summed E-state index contributed by atoms with van der Waals surface area (Å²) in [5.41, 5.74) is 6.81. The van der Waals surface area contributed by atoms with Crippen LogP contribution in [-0.4, -0.2) is 18.6 Å².